The highest BCUT2D eigenvalue weighted by molar-refractivity contribution is 6.66. The number of hydrogen-bond donors (Lipinski definition) is 1. The van der Waals surface area contributed by atoms with Crippen LogP contribution in [-0.2, 0) is 10.8 Å². The average molecular weight is 513 g/mol. The Labute approximate surface area is 194 Å². The number of ether oxygens (including phenoxy) is 1. The highest BCUT2D eigenvalue weighted by atomic mass is 35.6. The number of para-hydroxylation sites is 2. The van der Waals surface area contributed by atoms with Crippen LogP contribution in [0.25, 0.3) is 0 Å². The standard InChI is InChI=1S/C19H12Cl4F3N3O2/c1-29-17(26)14(15(28-29)16(24)25)18(30)27-11-4-2-3-5-13(11)31-12-7-6-9(8-10(12)20)19(21,22)23/h2-8,16H,1H3,(H,27,30). The minimum absolute atomic E-state index is 0.0810. The van der Waals surface area contributed by atoms with Crippen molar-refractivity contribution in [2.75, 3.05) is 5.32 Å². The predicted molar refractivity (Wildman–Crippen MR) is 113 cm³/mol. The van der Waals surface area contributed by atoms with Gasteiger partial charge in [-0.15, -0.1) is 0 Å². The SMILES string of the molecule is Cn1nc(C(F)F)c(C(=O)Nc2ccccc2Oc2ccc(C(Cl)(Cl)Cl)cc2Cl)c1F. The van der Waals surface area contributed by atoms with Gasteiger partial charge in [-0.2, -0.15) is 9.49 Å². The third kappa shape index (κ3) is 5.20. The largest absolute Gasteiger partial charge is 0.454 e. The van der Waals surface area contributed by atoms with E-state index in [0.717, 1.165) is 7.05 Å². The zero-order chi connectivity index (χ0) is 22.9. The number of hydrogen-bond acceptors (Lipinski definition) is 3. The quantitative estimate of drug-likeness (QED) is 0.373. The van der Waals surface area contributed by atoms with E-state index >= 15 is 0 Å². The molecule has 0 bridgehead atoms. The Bertz CT molecular complexity index is 1130. The second-order valence-electron chi connectivity index (χ2n) is 6.17. The number of carbonyl (C=O) groups excluding carboxylic acids is 1. The molecular formula is C19H12Cl4F3N3O2. The molecule has 0 spiro atoms. The molecule has 164 valence electrons. The summed E-state index contributed by atoms with van der Waals surface area (Å²) in [6.07, 6.45) is -3.14. The summed E-state index contributed by atoms with van der Waals surface area (Å²) in [5.74, 6) is -2.03. The van der Waals surface area contributed by atoms with Gasteiger partial charge in [0.1, 0.15) is 17.0 Å². The molecule has 5 nitrogen and oxygen atoms in total. The van der Waals surface area contributed by atoms with E-state index in [4.69, 9.17) is 51.1 Å². The first kappa shape index (κ1) is 23.5. The van der Waals surface area contributed by atoms with Crippen molar-refractivity contribution in [3.8, 4) is 11.5 Å². The molecule has 2 aromatic carbocycles. The lowest BCUT2D eigenvalue weighted by atomic mass is 10.2. The summed E-state index contributed by atoms with van der Waals surface area (Å²) in [6, 6.07) is 10.4. The summed E-state index contributed by atoms with van der Waals surface area (Å²) >= 11 is 23.7. The van der Waals surface area contributed by atoms with Crippen LogP contribution in [0.3, 0.4) is 0 Å². The molecule has 0 radical (unpaired) electrons. The fourth-order valence-corrected chi connectivity index (χ4v) is 3.18. The van der Waals surface area contributed by atoms with Gasteiger partial charge in [-0.25, -0.2) is 13.5 Å². The first-order valence-electron chi connectivity index (χ1n) is 8.44. The molecule has 0 fully saturated rings. The molecule has 12 heteroatoms. The van der Waals surface area contributed by atoms with Crippen LogP contribution >= 0.6 is 46.4 Å². The Morgan fingerprint density at radius 1 is 1.16 bits per heavy atom. The van der Waals surface area contributed by atoms with Gasteiger partial charge in [0.15, 0.2) is 5.75 Å². The van der Waals surface area contributed by atoms with Gasteiger partial charge >= 0.3 is 0 Å². The van der Waals surface area contributed by atoms with E-state index in [-0.39, 0.29) is 22.2 Å². The lowest BCUT2D eigenvalue weighted by Gasteiger charge is -2.15. The molecule has 31 heavy (non-hydrogen) atoms. The second-order valence-corrected chi connectivity index (χ2v) is 8.86. The van der Waals surface area contributed by atoms with Crippen molar-refractivity contribution in [3.63, 3.8) is 0 Å². The van der Waals surface area contributed by atoms with Crippen molar-refractivity contribution >= 4 is 58.0 Å². The number of anilines is 1. The van der Waals surface area contributed by atoms with Crippen molar-refractivity contribution < 1.29 is 22.7 Å². The van der Waals surface area contributed by atoms with Crippen LogP contribution in [-0.4, -0.2) is 15.7 Å². The normalized spacial score (nSPS) is 11.6. The van der Waals surface area contributed by atoms with Crippen molar-refractivity contribution in [2.45, 2.75) is 10.2 Å². The number of benzene rings is 2. The van der Waals surface area contributed by atoms with Gasteiger partial charge in [0.25, 0.3) is 12.3 Å². The maximum atomic E-state index is 14.2. The van der Waals surface area contributed by atoms with E-state index in [1.165, 1.54) is 30.3 Å². The highest BCUT2D eigenvalue weighted by Gasteiger charge is 2.29. The van der Waals surface area contributed by atoms with Crippen molar-refractivity contribution in [1.29, 1.82) is 0 Å². The van der Waals surface area contributed by atoms with Gasteiger partial charge in [0.2, 0.25) is 9.74 Å². The lowest BCUT2D eigenvalue weighted by molar-refractivity contribution is 0.100. The third-order valence-electron chi connectivity index (χ3n) is 4.05. The molecule has 1 N–H and O–H groups in total. The van der Waals surface area contributed by atoms with Crippen LogP contribution in [0.4, 0.5) is 18.9 Å². The van der Waals surface area contributed by atoms with Crippen LogP contribution in [0.5, 0.6) is 11.5 Å². The number of carbonyl (C=O) groups is 1. The Hall–Kier alpha value is -2.13. The minimum Gasteiger partial charge on any atom is -0.454 e. The first-order chi connectivity index (χ1) is 14.5. The number of alkyl halides is 5. The number of amides is 1. The molecule has 0 saturated carbocycles. The van der Waals surface area contributed by atoms with Crippen molar-refractivity contribution in [2.24, 2.45) is 7.05 Å². The molecule has 3 rings (SSSR count). The molecule has 3 aromatic rings. The zero-order valence-corrected chi connectivity index (χ0v) is 18.5. The highest BCUT2D eigenvalue weighted by Crippen LogP contribution is 2.42. The smallest absolute Gasteiger partial charge is 0.283 e. The van der Waals surface area contributed by atoms with Crippen molar-refractivity contribution in [3.05, 3.63) is 70.3 Å². The molecule has 0 atom stereocenters. The van der Waals surface area contributed by atoms with E-state index in [9.17, 15) is 18.0 Å². The third-order valence-corrected chi connectivity index (χ3v) is 5.00. The summed E-state index contributed by atoms with van der Waals surface area (Å²) in [6.45, 7) is 0. The fourth-order valence-electron chi connectivity index (χ4n) is 2.61. The van der Waals surface area contributed by atoms with E-state index in [1.54, 1.807) is 12.1 Å². The first-order valence-corrected chi connectivity index (χ1v) is 9.95. The van der Waals surface area contributed by atoms with Crippen molar-refractivity contribution in [1.82, 2.24) is 9.78 Å². The molecule has 0 unspecified atom stereocenters. The second kappa shape index (κ2) is 9.16. The molecule has 1 aromatic heterocycles. The Kier molecular flexibility index (Phi) is 6.95. The number of aryl methyl sites for hydroxylation is 1. The Morgan fingerprint density at radius 3 is 2.45 bits per heavy atom. The van der Waals surface area contributed by atoms with E-state index in [1.807, 2.05) is 0 Å². The van der Waals surface area contributed by atoms with E-state index in [2.05, 4.69) is 10.4 Å². The van der Waals surface area contributed by atoms with Gasteiger partial charge in [-0.05, 0) is 24.3 Å². The van der Waals surface area contributed by atoms with Gasteiger partial charge in [0, 0.05) is 12.6 Å². The molecule has 1 amide bonds. The number of rotatable bonds is 5. The van der Waals surface area contributed by atoms with Gasteiger partial charge in [0.05, 0.1) is 10.7 Å². The van der Waals surface area contributed by atoms with E-state index in [0.29, 0.717) is 10.2 Å². The Balaban J connectivity index is 1.90. The van der Waals surface area contributed by atoms with Crippen LogP contribution in [0.2, 0.25) is 5.02 Å². The summed E-state index contributed by atoms with van der Waals surface area (Å²) in [5, 5.41) is 5.82. The molecular weight excluding hydrogens is 501 g/mol. The van der Waals surface area contributed by atoms with Gasteiger partial charge in [-0.1, -0.05) is 64.6 Å². The maximum absolute atomic E-state index is 14.2. The molecule has 0 saturated heterocycles. The molecule has 0 aliphatic heterocycles. The zero-order valence-electron chi connectivity index (χ0n) is 15.5. The summed E-state index contributed by atoms with van der Waals surface area (Å²) in [5.41, 5.74) is -1.45. The van der Waals surface area contributed by atoms with Crippen LogP contribution < -0.4 is 10.1 Å². The predicted octanol–water partition coefficient (Wildman–Crippen LogP) is 7.02. The molecule has 0 aliphatic carbocycles. The molecule has 1 heterocycles. The number of aromatic nitrogens is 2. The topological polar surface area (TPSA) is 56.2 Å². The van der Waals surface area contributed by atoms with E-state index < -0.39 is 33.3 Å². The van der Waals surface area contributed by atoms with Crippen LogP contribution in [0.15, 0.2) is 42.5 Å². The van der Waals surface area contributed by atoms with Gasteiger partial charge < -0.3 is 10.1 Å². The Morgan fingerprint density at radius 2 is 1.84 bits per heavy atom. The maximum Gasteiger partial charge on any atom is 0.283 e. The lowest BCUT2D eigenvalue weighted by Crippen LogP contribution is -2.16. The molecule has 0 aliphatic rings. The average Bonchev–Trinajstić information content (AvgIpc) is 2.99. The number of nitrogens with zero attached hydrogens (tertiary/aromatic N) is 2. The summed E-state index contributed by atoms with van der Waals surface area (Å²) in [4.78, 5) is 12.5. The fraction of sp³-hybridized carbons (Fsp3) is 0.158. The number of nitrogens with one attached hydrogen (secondary N) is 1. The number of halogens is 7. The monoisotopic (exact) mass is 511 g/mol. The summed E-state index contributed by atoms with van der Waals surface area (Å²) in [7, 11) is 1.11. The van der Waals surface area contributed by atoms with Gasteiger partial charge in [-0.3, -0.25) is 4.79 Å². The van der Waals surface area contributed by atoms with Crippen LogP contribution in [0.1, 0.15) is 28.0 Å². The summed E-state index contributed by atoms with van der Waals surface area (Å²) < 4.78 is 45.1. The van der Waals surface area contributed by atoms with Crippen LogP contribution in [0, 0.1) is 5.95 Å². The minimum atomic E-state index is -3.14.